The van der Waals surface area contributed by atoms with Crippen LogP contribution in [0.4, 0.5) is 0 Å². The van der Waals surface area contributed by atoms with E-state index in [9.17, 15) is 9.59 Å². The molecule has 146 valence electrons. The molecule has 2 aromatic rings. The van der Waals surface area contributed by atoms with Crippen LogP contribution < -0.4 is 0 Å². The molecule has 1 aliphatic rings. The summed E-state index contributed by atoms with van der Waals surface area (Å²) in [6.45, 7) is 0.509. The van der Waals surface area contributed by atoms with Crippen molar-refractivity contribution in [3.8, 4) is 0 Å². The lowest BCUT2D eigenvalue weighted by Gasteiger charge is -2.17. The standard InChI is InChI=1S/C17H8Br4I2N2O2S/c18-7-3-9(13(22)11(20)5-7)15(26)24-17-25(1-2-28-17)16(27)10-4-8(19)6-12(21)14(10)23/h3-6H,1-2H2. The molecule has 28 heavy (non-hydrogen) atoms. The monoisotopic (exact) mass is 874 g/mol. The molecule has 3 rings (SSSR count). The van der Waals surface area contributed by atoms with Crippen molar-refractivity contribution in [2.24, 2.45) is 4.99 Å². The fraction of sp³-hybridized carbons (Fsp3) is 0.118. The van der Waals surface area contributed by atoms with Crippen LogP contribution in [-0.2, 0) is 0 Å². The molecule has 1 saturated heterocycles. The third kappa shape index (κ3) is 5.23. The summed E-state index contributed by atoms with van der Waals surface area (Å²) in [6.07, 6.45) is 0. The van der Waals surface area contributed by atoms with Crippen LogP contribution in [0.3, 0.4) is 0 Å². The first-order valence-electron chi connectivity index (χ1n) is 7.55. The molecule has 4 nitrogen and oxygen atoms in total. The maximum absolute atomic E-state index is 13.1. The zero-order chi connectivity index (χ0) is 20.6. The van der Waals surface area contributed by atoms with Gasteiger partial charge < -0.3 is 0 Å². The Labute approximate surface area is 226 Å². The molecule has 0 saturated carbocycles. The van der Waals surface area contributed by atoms with Crippen LogP contribution in [0.5, 0.6) is 0 Å². The maximum Gasteiger partial charge on any atom is 0.280 e. The van der Waals surface area contributed by atoms with Crippen molar-refractivity contribution in [2.45, 2.75) is 0 Å². The first kappa shape index (κ1) is 23.6. The SMILES string of the molecule is O=C(N=C1SCCN1C(=O)c1cc(Br)cc(Br)c1I)c1cc(Br)cc(Br)c1I. The van der Waals surface area contributed by atoms with Crippen LogP contribution in [0.1, 0.15) is 20.7 Å². The number of rotatable bonds is 2. The fourth-order valence-corrected chi connectivity index (χ4v) is 6.87. The van der Waals surface area contributed by atoms with Crippen LogP contribution in [0, 0.1) is 7.14 Å². The van der Waals surface area contributed by atoms with E-state index in [1.165, 1.54) is 11.8 Å². The van der Waals surface area contributed by atoms with E-state index in [0.29, 0.717) is 28.6 Å². The van der Waals surface area contributed by atoms with Crippen molar-refractivity contribution in [2.75, 3.05) is 12.3 Å². The van der Waals surface area contributed by atoms with Gasteiger partial charge in [-0.1, -0.05) is 43.6 Å². The third-order valence-electron chi connectivity index (χ3n) is 3.67. The van der Waals surface area contributed by atoms with Crippen LogP contribution in [0.2, 0.25) is 0 Å². The number of amides is 2. The minimum atomic E-state index is -0.376. The summed E-state index contributed by atoms with van der Waals surface area (Å²) in [6, 6.07) is 7.28. The number of hydrogen-bond acceptors (Lipinski definition) is 3. The van der Waals surface area contributed by atoms with Gasteiger partial charge in [0.25, 0.3) is 11.8 Å². The Bertz CT molecular complexity index is 1030. The van der Waals surface area contributed by atoms with Crippen LogP contribution >= 0.6 is 121 Å². The van der Waals surface area contributed by atoms with Gasteiger partial charge >= 0.3 is 0 Å². The molecule has 0 unspecified atom stereocenters. The largest absolute Gasteiger partial charge is 0.286 e. The topological polar surface area (TPSA) is 49.7 Å². The molecule has 0 aromatic heterocycles. The number of hydrogen-bond donors (Lipinski definition) is 0. The summed E-state index contributed by atoms with van der Waals surface area (Å²) in [7, 11) is 0. The molecule has 1 fully saturated rings. The highest BCUT2D eigenvalue weighted by atomic mass is 127. The second kappa shape index (κ2) is 10.1. The van der Waals surface area contributed by atoms with Crippen molar-refractivity contribution in [1.82, 2.24) is 4.90 Å². The van der Waals surface area contributed by atoms with Crippen molar-refractivity contribution >= 4 is 138 Å². The van der Waals surface area contributed by atoms with Crippen molar-refractivity contribution in [3.63, 3.8) is 0 Å². The Morgan fingerprint density at radius 3 is 2.07 bits per heavy atom. The highest BCUT2D eigenvalue weighted by Gasteiger charge is 2.30. The minimum absolute atomic E-state index is 0.173. The van der Waals surface area contributed by atoms with Crippen molar-refractivity contribution in [1.29, 1.82) is 0 Å². The number of nitrogens with zero attached hydrogens (tertiary/aromatic N) is 2. The normalized spacial score (nSPS) is 15.4. The smallest absolute Gasteiger partial charge is 0.280 e. The quantitative estimate of drug-likeness (QED) is 0.235. The fourth-order valence-electron chi connectivity index (χ4n) is 2.40. The molecule has 0 spiro atoms. The van der Waals surface area contributed by atoms with E-state index in [1.54, 1.807) is 17.0 Å². The zero-order valence-electron chi connectivity index (χ0n) is 13.6. The van der Waals surface area contributed by atoms with E-state index < -0.39 is 0 Å². The summed E-state index contributed by atoms with van der Waals surface area (Å²) < 4.78 is 4.83. The van der Waals surface area contributed by atoms with E-state index in [2.05, 4.69) is 114 Å². The number of carbonyl (C=O) groups excluding carboxylic acids is 2. The number of carbonyl (C=O) groups is 2. The second-order valence-electron chi connectivity index (χ2n) is 5.50. The molecule has 2 amide bonds. The third-order valence-corrected chi connectivity index (χ3v) is 10.6. The lowest BCUT2D eigenvalue weighted by atomic mass is 10.2. The summed E-state index contributed by atoms with van der Waals surface area (Å²) >= 11 is 19.4. The van der Waals surface area contributed by atoms with Gasteiger partial charge in [0.05, 0.1) is 11.1 Å². The van der Waals surface area contributed by atoms with E-state index in [4.69, 9.17) is 0 Å². The van der Waals surface area contributed by atoms with Gasteiger partial charge in [0.15, 0.2) is 5.17 Å². The zero-order valence-corrected chi connectivity index (χ0v) is 25.1. The lowest BCUT2D eigenvalue weighted by molar-refractivity contribution is 0.0858. The number of benzene rings is 2. The Morgan fingerprint density at radius 1 is 0.929 bits per heavy atom. The average Bonchev–Trinajstić information content (AvgIpc) is 3.08. The van der Waals surface area contributed by atoms with E-state index in [0.717, 1.165) is 25.0 Å². The van der Waals surface area contributed by atoms with Gasteiger partial charge in [-0.3, -0.25) is 14.5 Å². The van der Waals surface area contributed by atoms with E-state index in [1.807, 2.05) is 12.1 Å². The molecule has 1 aliphatic heterocycles. The molecule has 1 heterocycles. The molecular weight excluding hydrogens is 870 g/mol. The molecule has 11 heteroatoms. The second-order valence-corrected chi connectivity index (χ2v) is 12.3. The summed E-state index contributed by atoms with van der Waals surface area (Å²) in [5.74, 6) is 0.148. The van der Waals surface area contributed by atoms with Gasteiger partial charge in [-0.25, -0.2) is 0 Å². The molecular formula is C17H8Br4I2N2O2S. The predicted molar refractivity (Wildman–Crippen MR) is 144 cm³/mol. The van der Waals surface area contributed by atoms with Gasteiger partial charge in [-0.15, -0.1) is 0 Å². The molecule has 0 N–H and O–H groups in total. The number of aliphatic imine (C=N–C) groups is 1. The van der Waals surface area contributed by atoms with Gasteiger partial charge in [0.2, 0.25) is 0 Å². The Kier molecular flexibility index (Phi) is 8.50. The van der Waals surface area contributed by atoms with Gasteiger partial charge in [-0.05, 0) is 101 Å². The molecule has 0 bridgehead atoms. The highest BCUT2D eigenvalue weighted by molar-refractivity contribution is 14.1. The molecule has 2 aromatic carbocycles. The van der Waals surface area contributed by atoms with Crippen LogP contribution in [-0.4, -0.2) is 34.2 Å². The lowest BCUT2D eigenvalue weighted by Crippen LogP contribution is -2.33. The maximum atomic E-state index is 13.1. The van der Waals surface area contributed by atoms with Gasteiger partial charge in [0.1, 0.15) is 0 Å². The Hall–Kier alpha value is 0.980. The predicted octanol–water partition coefficient (Wildman–Crippen LogP) is 7.33. The van der Waals surface area contributed by atoms with Crippen molar-refractivity contribution in [3.05, 3.63) is 60.4 Å². The Balaban J connectivity index is 1.95. The summed E-state index contributed by atoms with van der Waals surface area (Å²) in [5.41, 5.74) is 1.04. The first-order chi connectivity index (χ1) is 13.2. The number of halogens is 6. The molecule has 0 aliphatic carbocycles. The minimum Gasteiger partial charge on any atom is -0.286 e. The average molecular weight is 878 g/mol. The summed E-state index contributed by atoms with van der Waals surface area (Å²) in [4.78, 5) is 31.8. The van der Waals surface area contributed by atoms with Crippen LogP contribution in [0.15, 0.2) is 47.1 Å². The van der Waals surface area contributed by atoms with Crippen molar-refractivity contribution < 1.29 is 9.59 Å². The summed E-state index contributed by atoms with van der Waals surface area (Å²) in [5, 5.41) is 0.425. The van der Waals surface area contributed by atoms with Gasteiger partial charge in [0, 0.05) is 37.3 Å². The first-order valence-corrected chi connectivity index (χ1v) is 13.9. The molecule has 0 atom stereocenters. The van der Waals surface area contributed by atoms with Gasteiger partial charge in [-0.2, -0.15) is 4.99 Å². The number of thioether (sulfide) groups is 1. The van der Waals surface area contributed by atoms with E-state index >= 15 is 0 Å². The Morgan fingerprint density at radius 2 is 1.46 bits per heavy atom. The number of amidine groups is 1. The van der Waals surface area contributed by atoms with E-state index in [-0.39, 0.29) is 11.8 Å². The van der Waals surface area contributed by atoms with Crippen LogP contribution in [0.25, 0.3) is 0 Å². The highest BCUT2D eigenvalue weighted by Crippen LogP contribution is 2.31. The molecule has 0 radical (unpaired) electrons.